The Kier molecular flexibility index (Phi) is 2.49. The van der Waals surface area contributed by atoms with Crippen LogP contribution in [-0.4, -0.2) is 9.38 Å². The maximum absolute atomic E-state index is 5.99. The number of aryl methyl sites for hydroxylation is 1. The average molecular weight is 258 g/mol. The van der Waals surface area contributed by atoms with Gasteiger partial charge in [-0.25, -0.2) is 4.98 Å². The Morgan fingerprint density at radius 3 is 2.61 bits per heavy atom. The first-order chi connectivity index (χ1) is 8.63. The molecule has 2 aromatic heterocycles. The highest BCUT2D eigenvalue weighted by atomic mass is 35.5. The normalized spacial score (nSPS) is 11.0. The molecule has 0 aliphatic carbocycles. The van der Waals surface area contributed by atoms with E-state index >= 15 is 0 Å². The van der Waals surface area contributed by atoms with E-state index < -0.39 is 0 Å². The van der Waals surface area contributed by atoms with Gasteiger partial charge in [-0.15, -0.1) is 0 Å². The second kappa shape index (κ2) is 4.03. The summed E-state index contributed by atoms with van der Waals surface area (Å²) >= 11 is 5.99. The van der Waals surface area contributed by atoms with Gasteiger partial charge in [0.1, 0.15) is 5.65 Å². The fraction of sp³-hybridized carbons (Fsp3) is 0.0714. The monoisotopic (exact) mass is 257 g/mol. The lowest BCUT2D eigenvalue weighted by atomic mass is 10.1. The van der Waals surface area contributed by atoms with Gasteiger partial charge >= 0.3 is 0 Å². The molecule has 3 rings (SSSR count). The molecule has 0 bridgehead atoms. The molecule has 0 aliphatic heterocycles. The van der Waals surface area contributed by atoms with Crippen molar-refractivity contribution in [3.8, 4) is 11.3 Å². The highest BCUT2D eigenvalue weighted by Crippen LogP contribution is 2.24. The molecule has 0 spiro atoms. The maximum Gasteiger partial charge on any atom is 0.139 e. The summed E-state index contributed by atoms with van der Waals surface area (Å²) in [6, 6.07) is 10.0. The molecule has 4 heteroatoms. The van der Waals surface area contributed by atoms with E-state index in [1.807, 2.05) is 10.6 Å². The number of nitrogens with two attached hydrogens (primary N) is 1. The Balaban J connectivity index is 2.16. The quantitative estimate of drug-likeness (QED) is 0.725. The minimum absolute atomic E-state index is 0.531. The van der Waals surface area contributed by atoms with Crippen LogP contribution in [0.15, 0.2) is 42.7 Å². The molecule has 3 nitrogen and oxygen atoms in total. The third-order valence-corrected chi connectivity index (χ3v) is 3.25. The first-order valence-corrected chi connectivity index (χ1v) is 6.02. The van der Waals surface area contributed by atoms with Crippen molar-refractivity contribution in [1.29, 1.82) is 0 Å². The van der Waals surface area contributed by atoms with Crippen molar-refractivity contribution in [2.24, 2.45) is 0 Å². The Morgan fingerprint density at radius 1 is 1.17 bits per heavy atom. The fourth-order valence-electron chi connectivity index (χ4n) is 1.89. The van der Waals surface area contributed by atoms with E-state index in [1.165, 1.54) is 5.56 Å². The molecular weight excluding hydrogens is 246 g/mol. The lowest BCUT2D eigenvalue weighted by molar-refractivity contribution is 1.19. The van der Waals surface area contributed by atoms with E-state index in [4.69, 9.17) is 17.3 Å². The summed E-state index contributed by atoms with van der Waals surface area (Å²) in [5.74, 6) is 0. The summed E-state index contributed by atoms with van der Waals surface area (Å²) < 4.78 is 1.89. The molecule has 2 N–H and O–H groups in total. The van der Waals surface area contributed by atoms with Gasteiger partial charge in [0.15, 0.2) is 0 Å². The molecule has 3 aromatic rings. The highest BCUT2D eigenvalue weighted by Gasteiger charge is 2.06. The molecule has 0 amide bonds. The van der Waals surface area contributed by atoms with Crippen LogP contribution in [0.2, 0.25) is 5.02 Å². The van der Waals surface area contributed by atoms with Crippen molar-refractivity contribution in [3.63, 3.8) is 0 Å². The van der Waals surface area contributed by atoms with E-state index in [2.05, 4.69) is 36.2 Å². The van der Waals surface area contributed by atoms with Gasteiger partial charge in [0.2, 0.25) is 0 Å². The van der Waals surface area contributed by atoms with Gasteiger partial charge in [0.25, 0.3) is 0 Å². The summed E-state index contributed by atoms with van der Waals surface area (Å²) in [6.45, 7) is 2.06. The maximum atomic E-state index is 5.99. The van der Waals surface area contributed by atoms with Crippen molar-refractivity contribution in [1.82, 2.24) is 9.38 Å². The summed E-state index contributed by atoms with van der Waals surface area (Å²) in [5.41, 5.74) is 10.3. The fourth-order valence-corrected chi connectivity index (χ4v) is 2.04. The van der Waals surface area contributed by atoms with Gasteiger partial charge in [0, 0.05) is 24.0 Å². The zero-order valence-electron chi connectivity index (χ0n) is 9.89. The number of aromatic nitrogens is 2. The van der Waals surface area contributed by atoms with Crippen molar-refractivity contribution in [2.45, 2.75) is 6.92 Å². The predicted molar refractivity (Wildman–Crippen MR) is 74.8 cm³/mol. The Bertz CT molecular complexity index is 675. The third kappa shape index (κ3) is 1.83. The van der Waals surface area contributed by atoms with Crippen LogP contribution in [0, 0.1) is 6.92 Å². The number of nitrogens with zero attached hydrogens (tertiary/aromatic N) is 2. The van der Waals surface area contributed by atoms with Gasteiger partial charge in [-0.05, 0) is 6.92 Å². The number of nitrogen functional groups attached to an aromatic ring is 1. The molecule has 0 saturated carbocycles. The van der Waals surface area contributed by atoms with Gasteiger partial charge in [-0.1, -0.05) is 41.4 Å². The van der Waals surface area contributed by atoms with Crippen molar-refractivity contribution >= 4 is 22.9 Å². The Morgan fingerprint density at radius 2 is 1.89 bits per heavy atom. The second-order valence-electron chi connectivity index (χ2n) is 4.33. The van der Waals surface area contributed by atoms with Crippen LogP contribution in [-0.2, 0) is 0 Å². The number of benzene rings is 1. The highest BCUT2D eigenvalue weighted by molar-refractivity contribution is 6.33. The zero-order valence-corrected chi connectivity index (χ0v) is 10.6. The number of halogens is 1. The molecular formula is C14H12ClN3. The van der Waals surface area contributed by atoms with Gasteiger partial charge in [-0.2, -0.15) is 0 Å². The smallest absolute Gasteiger partial charge is 0.139 e. The van der Waals surface area contributed by atoms with Crippen LogP contribution in [0.5, 0.6) is 0 Å². The number of rotatable bonds is 1. The van der Waals surface area contributed by atoms with Crippen molar-refractivity contribution in [3.05, 3.63) is 53.3 Å². The summed E-state index contributed by atoms with van der Waals surface area (Å²) in [6.07, 6.45) is 3.73. The molecule has 0 saturated heterocycles. The Labute approximate surface area is 110 Å². The minimum atomic E-state index is 0.531. The van der Waals surface area contributed by atoms with E-state index in [0.29, 0.717) is 10.7 Å². The standard InChI is InChI=1S/C14H12ClN3/c1-9-2-4-10(5-3-9)13-8-18-7-12(16)11(15)6-14(18)17-13/h2-8H,16H2,1H3. The van der Waals surface area contributed by atoms with Gasteiger partial charge in [-0.3, -0.25) is 0 Å². The predicted octanol–water partition coefficient (Wildman–Crippen LogP) is 3.55. The number of fused-ring (bicyclic) bond motifs is 1. The second-order valence-corrected chi connectivity index (χ2v) is 4.74. The van der Waals surface area contributed by atoms with Gasteiger partial charge < -0.3 is 10.1 Å². The van der Waals surface area contributed by atoms with E-state index in [-0.39, 0.29) is 0 Å². The first-order valence-electron chi connectivity index (χ1n) is 5.64. The van der Waals surface area contributed by atoms with Crippen LogP contribution >= 0.6 is 11.6 Å². The molecule has 0 aliphatic rings. The average Bonchev–Trinajstić information content (AvgIpc) is 2.73. The number of imidazole rings is 1. The van der Waals surface area contributed by atoms with Crippen LogP contribution in [0.1, 0.15) is 5.56 Å². The molecule has 0 fully saturated rings. The number of pyridine rings is 1. The number of hydrogen-bond donors (Lipinski definition) is 1. The number of anilines is 1. The summed E-state index contributed by atoms with van der Waals surface area (Å²) in [5, 5.41) is 0.531. The van der Waals surface area contributed by atoms with E-state index in [0.717, 1.165) is 16.9 Å². The minimum Gasteiger partial charge on any atom is -0.396 e. The van der Waals surface area contributed by atoms with E-state index in [9.17, 15) is 0 Å². The van der Waals surface area contributed by atoms with Crippen LogP contribution in [0.25, 0.3) is 16.9 Å². The van der Waals surface area contributed by atoms with Crippen molar-refractivity contribution < 1.29 is 0 Å². The summed E-state index contributed by atoms with van der Waals surface area (Å²) in [4.78, 5) is 4.54. The first kappa shape index (κ1) is 11.1. The molecule has 0 radical (unpaired) electrons. The molecule has 18 heavy (non-hydrogen) atoms. The topological polar surface area (TPSA) is 43.3 Å². The third-order valence-electron chi connectivity index (χ3n) is 2.92. The lowest BCUT2D eigenvalue weighted by Gasteiger charge is -1.97. The van der Waals surface area contributed by atoms with Crippen molar-refractivity contribution in [2.75, 3.05) is 5.73 Å². The molecule has 0 unspecified atom stereocenters. The van der Waals surface area contributed by atoms with Gasteiger partial charge in [0.05, 0.1) is 16.4 Å². The largest absolute Gasteiger partial charge is 0.396 e. The van der Waals surface area contributed by atoms with Crippen LogP contribution in [0.4, 0.5) is 5.69 Å². The molecule has 2 heterocycles. The van der Waals surface area contributed by atoms with Crippen LogP contribution < -0.4 is 5.73 Å². The zero-order chi connectivity index (χ0) is 12.7. The SMILES string of the molecule is Cc1ccc(-c2cn3cc(N)c(Cl)cc3n2)cc1. The molecule has 90 valence electrons. The number of hydrogen-bond acceptors (Lipinski definition) is 2. The molecule has 1 aromatic carbocycles. The van der Waals surface area contributed by atoms with E-state index in [1.54, 1.807) is 12.3 Å². The summed E-state index contributed by atoms with van der Waals surface area (Å²) in [7, 11) is 0. The lowest BCUT2D eigenvalue weighted by Crippen LogP contribution is -1.90. The Hall–Kier alpha value is -2.00. The molecule has 0 atom stereocenters. The van der Waals surface area contributed by atoms with Crippen LogP contribution in [0.3, 0.4) is 0 Å².